The molecule has 6 N–H and O–H groups in total. The van der Waals surface area contributed by atoms with Gasteiger partial charge in [0.2, 0.25) is 17.7 Å². The summed E-state index contributed by atoms with van der Waals surface area (Å²) in [4.78, 5) is 97.0. The largest absolute Gasteiger partial charge is 0.514 e. The minimum atomic E-state index is -1.08. The second-order valence-electron chi connectivity index (χ2n) is 12.5. The minimum absolute atomic E-state index is 0.0315. The van der Waals surface area contributed by atoms with Crippen LogP contribution in [0, 0.1) is 16.0 Å². The fourth-order valence-electron chi connectivity index (χ4n) is 4.94. The van der Waals surface area contributed by atoms with Crippen LogP contribution in [-0.4, -0.2) is 103 Å². The zero-order valence-corrected chi connectivity index (χ0v) is 30.9. The number of hydrogen-bond acceptors (Lipinski definition) is 13. The Labute approximate surface area is 321 Å². The summed E-state index contributed by atoms with van der Waals surface area (Å²) in [6.45, 7) is 4.01. The van der Waals surface area contributed by atoms with Gasteiger partial charge in [-0.3, -0.25) is 39.0 Å². The molecule has 1 heterocycles. The Morgan fingerprint density at radius 2 is 1.50 bits per heavy atom. The van der Waals surface area contributed by atoms with Gasteiger partial charge < -0.3 is 45.9 Å². The summed E-state index contributed by atoms with van der Waals surface area (Å²) < 4.78 is 20.9. The summed E-state index contributed by atoms with van der Waals surface area (Å²) in [5.74, 6) is -2.75. The van der Waals surface area contributed by atoms with E-state index in [-0.39, 0.29) is 82.7 Å². The zero-order valence-electron chi connectivity index (χ0n) is 30.9. The molecule has 3 rings (SSSR count). The molecule has 0 saturated heterocycles. The number of nitro groups is 1. The number of hydrogen-bond donors (Lipinski definition) is 5. The van der Waals surface area contributed by atoms with Gasteiger partial charge in [-0.15, -0.1) is 0 Å². The number of nitrogens with two attached hydrogens (primary N) is 1. The van der Waals surface area contributed by atoms with E-state index >= 15 is 0 Å². The van der Waals surface area contributed by atoms with Gasteiger partial charge in [-0.05, 0) is 48.6 Å². The molecule has 56 heavy (non-hydrogen) atoms. The summed E-state index contributed by atoms with van der Waals surface area (Å²) in [7, 11) is 0. The number of amides is 7. The molecule has 0 spiro atoms. The van der Waals surface area contributed by atoms with Crippen LogP contribution in [0.2, 0.25) is 0 Å². The van der Waals surface area contributed by atoms with Crippen LogP contribution in [0.4, 0.5) is 21.0 Å². The van der Waals surface area contributed by atoms with Crippen LogP contribution in [-0.2, 0) is 44.8 Å². The van der Waals surface area contributed by atoms with Crippen LogP contribution in [0.5, 0.6) is 5.75 Å². The first-order chi connectivity index (χ1) is 26.7. The summed E-state index contributed by atoms with van der Waals surface area (Å²) in [5, 5.41) is 21.3. The molecule has 20 nitrogen and oxygen atoms in total. The van der Waals surface area contributed by atoms with Gasteiger partial charge in [0.1, 0.15) is 24.4 Å². The zero-order chi connectivity index (χ0) is 41.0. The lowest BCUT2D eigenvalue weighted by Gasteiger charge is -2.25. The van der Waals surface area contributed by atoms with Crippen LogP contribution < -0.4 is 31.7 Å². The average molecular weight is 784 g/mol. The van der Waals surface area contributed by atoms with E-state index in [0.29, 0.717) is 11.3 Å². The summed E-state index contributed by atoms with van der Waals surface area (Å²) in [6.07, 6.45) is 1.66. The second-order valence-corrected chi connectivity index (χ2v) is 12.5. The molecule has 0 saturated carbocycles. The molecule has 2 aromatic rings. The third kappa shape index (κ3) is 15.5. The number of urea groups is 1. The molecule has 1 aliphatic rings. The molecule has 0 bridgehead atoms. The van der Waals surface area contributed by atoms with Crippen molar-refractivity contribution in [3.63, 3.8) is 0 Å². The first-order valence-corrected chi connectivity index (χ1v) is 17.5. The second kappa shape index (κ2) is 22.7. The molecule has 2 atom stereocenters. The van der Waals surface area contributed by atoms with Crippen molar-refractivity contribution in [1.82, 2.24) is 20.9 Å². The van der Waals surface area contributed by atoms with E-state index in [9.17, 15) is 43.7 Å². The molecule has 20 heteroatoms. The summed E-state index contributed by atoms with van der Waals surface area (Å²) in [6, 6.07) is 8.32. The van der Waals surface area contributed by atoms with Crippen molar-refractivity contribution in [3.8, 4) is 5.75 Å². The maximum absolute atomic E-state index is 13.4. The SMILES string of the molecule is CC(C)C(NC(=O)CCOCCOCCN1C(=O)C=CC1=O)C(=O)NC(CCCNC(N)=O)C(=O)Nc1ccc(COC(=O)Oc2ccc([N+](=O)[O-])cc2)cc1. The number of benzene rings is 2. The number of imide groups is 1. The van der Waals surface area contributed by atoms with Crippen LogP contribution in [0.3, 0.4) is 0 Å². The number of anilines is 1. The molecular weight excluding hydrogens is 738 g/mol. The number of rotatable bonds is 23. The van der Waals surface area contributed by atoms with Crippen molar-refractivity contribution in [3.05, 3.63) is 76.4 Å². The van der Waals surface area contributed by atoms with Crippen molar-refractivity contribution in [2.45, 2.75) is 51.8 Å². The molecule has 1 aliphatic heterocycles. The first kappa shape index (κ1) is 44.0. The van der Waals surface area contributed by atoms with Gasteiger partial charge in [0.15, 0.2) is 0 Å². The quantitative estimate of drug-likeness (QED) is 0.0268. The van der Waals surface area contributed by atoms with Crippen LogP contribution in [0.15, 0.2) is 60.7 Å². The number of carbonyl (C=O) groups is 7. The van der Waals surface area contributed by atoms with Gasteiger partial charge in [0, 0.05) is 42.9 Å². The molecule has 0 aromatic heterocycles. The van der Waals surface area contributed by atoms with Gasteiger partial charge >= 0.3 is 12.2 Å². The lowest BCUT2D eigenvalue weighted by atomic mass is 10.0. The normalized spacial score (nSPS) is 13.2. The van der Waals surface area contributed by atoms with Gasteiger partial charge in [0.25, 0.3) is 17.5 Å². The maximum atomic E-state index is 13.4. The number of ether oxygens (including phenoxy) is 4. The third-order valence-electron chi connectivity index (χ3n) is 7.90. The molecular formula is C36H45N7O13. The lowest BCUT2D eigenvalue weighted by molar-refractivity contribution is -0.384. The van der Waals surface area contributed by atoms with Crippen molar-refractivity contribution in [1.29, 1.82) is 0 Å². The third-order valence-corrected chi connectivity index (χ3v) is 7.90. The number of primary amides is 1. The lowest BCUT2D eigenvalue weighted by Crippen LogP contribution is -2.54. The van der Waals surface area contributed by atoms with Crippen LogP contribution >= 0.6 is 0 Å². The van der Waals surface area contributed by atoms with Gasteiger partial charge in [0.05, 0.1) is 37.9 Å². The molecule has 2 unspecified atom stereocenters. The number of nitro benzene ring substituents is 1. The van der Waals surface area contributed by atoms with E-state index in [1.54, 1.807) is 38.1 Å². The number of non-ortho nitro benzene ring substituents is 1. The van der Waals surface area contributed by atoms with Crippen LogP contribution in [0.25, 0.3) is 0 Å². The Bertz CT molecular complexity index is 1720. The van der Waals surface area contributed by atoms with E-state index in [0.717, 1.165) is 4.90 Å². The highest BCUT2D eigenvalue weighted by atomic mass is 16.7. The fraction of sp³-hybridized carbons (Fsp3) is 0.417. The molecule has 2 aromatic carbocycles. The van der Waals surface area contributed by atoms with Crippen molar-refractivity contribution < 1.29 is 57.4 Å². The van der Waals surface area contributed by atoms with Crippen molar-refractivity contribution in [2.24, 2.45) is 11.7 Å². The Hall–Kier alpha value is -6.41. The molecule has 7 amide bonds. The highest BCUT2D eigenvalue weighted by Crippen LogP contribution is 2.18. The van der Waals surface area contributed by atoms with Crippen molar-refractivity contribution >= 4 is 53.1 Å². The van der Waals surface area contributed by atoms with Crippen LogP contribution in [0.1, 0.15) is 38.7 Å². The van der Waals surface area contributed by atoms with E-state index in [1.165, 1.54) is 36.4 Å². The van der Waals surface area contributed by atoms with Gasteiger partial charge in [-0.25, -0.2) is 9.59 Å². The van der Waals surface area contributed by atoms with E-state index in [2.05, 4.69) is 21.3 Å². The molecule has 302 valence electrons. The highest BCUT2D eigenvalue weighted by Gasteiger charge is 2.29. The number of nitrogens with one attached hydrogen (secondary N) is 4. The summed E-state index contributed by atoms with van der Waals surface area (Å²) in [5.41, 5.74) is 5.87. The first-order valence-electron chi connectivity index (χ1n) is 17.5. The Morgan fingerprint density at radius 1 is 0.857 bits per heavy atom. The Kier molecular flexibility index (Phi) is 17.9. The van der Waals surface area contributed by atoms with Gasteiger partial charge in [-0.1, -0.05) is 26.0 Å². The summed E-state index contributed by atoms with van der Waals surface area (Å²) >= 11 is 0. The minimum Gasteiger partial charge on any atom is -0.429 e. The Balaban J connectivity index is 1.46. The van der Waals surface area contributed by atoms with E-state index in [1.807, 2.05) is 0 Å². The number of nitrogens with zero attached hydrogens (tertiary/aromatic N) is 2. The standard InChI is InChI=1S/C36H45N7O13/c1-23(2)32(41-29(44)15-18-53-20-21-54-19-17-42-30(45)13-14-31(42)46)34(48)40-28(4-3-16-38-35(37)49)33(47)39-25-7-5-24(6-8-25)22-55-36(50)56-27-11-9-26(10-12-27)43(51)52/h5-14,23,28,32H,3-4,15-22H2,1-2H3,(H,39,47)(H,40,48)(H,41,44)(H3,37,38,49). The average Bonchev–Trinajstić information content (AvgIpc) is 3.48. The number of carbonyl (C=O) groups excluding carboxylic acids is 7. The monoisotopic (exact) mass is 783 g/mol. The predicted octanol–water partition coefficient (Wildman–Crippen LogP) is 1.67. The Morgan fingerprint density at radius 3 is 2.11 bits per heavy atom. The topological polar surface area (TPSA) is 277 Å². The highest BCUT2D eigenvalue weighted by molar-refractivity contribution is 6.12. The van der Waals surface area contributed by atoms with Crippen molar-refractivity contribution in [2.75, 3.05) is 44.8 Å². The molecule has 0 aliphatic carbocycles. The molecule has 0 radical (unpaired) electrons. The van der Waals surface area contributed by atoms with E-state index in [4.69, 9.17) is 24.7 Å². The molecule has 0 fully saturated rings. The predicted molar refractivity (Wildman–Crippen MR) is 197 cm³/mol. The van der Waals surface area contributed by atoms with E-state index < -0.39 is 58.7 Å². The fourth-order valence-corrected chi connectivity index (χ4v) is 4.94. The maximum Gasteiger partial charge on any atom is 0.514 e. The smallest absolute Gasteiger partial charge is 0.429 e. The van der Waals surface area contributed by atoms with Gasteiger partial charge in [-0.2, -0.15) is 0 Å².